The van der Waals surface area contributed by atoms with Crippen molar-refractivity contribution in [1.82, 2.24) is 10.6 Å². The van der Waals surface area contributed by atoms with Crippen molar-refractivity contribution in [2.45, 2.75) is 31.7 Å². The minimum atomic E-state index is 0. The summed E-state index contributed by atoms with van der Waals surface area (Å²) in [5, 5.41) is 6.97. The number of carbonyl (C=O) groups is 1. The van der Waals surface area contributed by atoms with Gasteiger partial charge in [-0.15, -0.1) is 12.4 Å². The van der Waals surface area contributed by atoms with Gasteiger partial charge in [0.05, 0.1) is 6.04 Å². The van der Waals surface area contributed by atoms with E-state index in [1.54, 1.807) is 0 Å². The molecule has 0 unspecified atom stereocenters. The number of piperidine rings is 1. The van der Waals surface area contributed by atoms with Crippen LogP contribution in [0, 0.1) is 0 Å². The van der Waals surface area contributed by atoms with E-state index >= 15 is 0 Å². The third-order valence-electron chi connectivity index (χ3n) is 3.25. The van der Waals surface area contributed by atoms with E-state index in [9.17, 15) is 4.79 Å². The van der Waals surface area contributed by atoms with Gasteiger partial charge in [0.2, 0.25) is 5.91 Å². The third kappa shape index (κ3) is 5.39. The quantitative estimate of drug-likeness (QED) is 0.897. The molecule has 1 aromatic carbocycles. The average Bonchev–Trinajstić information content (AvgIpc) is 2.42. The normalized spacial score (nSPS) is 18.5. The lowest BCUT2D eigenvalue weighted by Crippen LogP contribution is -2.47. The van der Waals surface area contributed by atoms with Gasteiger partial charge in [0, 0.05) is 11.6 Å². The summed E-state index contributed by atoms with van der Waals surface area (Å²) < 4.78 is 0. The molecule has 2 rings (SSSR count). The molecule has 3 nitrogen and oxygen atoms in total. The van der Waals surface area contributed by atoms with Crippen molar-refractivity contribution < 1.29 is 4.79 Å². The highest BCUT2D eigenvalue weighted by Gasteiger charge is 2.19. The number of carbonyl (C=O) groups excluding carboxylic acids is 1. The van der Waals surface area contributed by atoms with Crippen molar-refractivity contribution in [2.24, 2.45) is 0 Å². The predicted octanol–water partition coefficient (Wildman–Crippen LogP) is 2.56. The van der Waals surface area contributed by atoms with Crippen LogP contribution in [0.3, 0.4) is 0 Å². The van der Waals surface area contributed by atoms with Gasteiger partial charge in [0.15, 0.2) is 0 Å². The molecule has 0 saturated carbocycles. The molecule has 5 heteroatoms. The van der Waals surface area contributed by atoms with Crippen LogP contribution < -0.4 is 10.6 Å². The molecule has 1 saturated heterocycles. The average molecular weight is 303 g/mol. The molecule has 1 amide bonds. The molecule has 106 valence electrons. The van der Waals surface area contributed by atoms with Gasteiger partial charge in [0.25, 0.3) is 0 Å². The van der Waals surface area contributed by atoms with Gasteiger partial charge in [0.1, 0.15) is 0 Å². The maximum absolute atomic E-state index is 11.8. The van der Waals surface area contributed by atoms with Gasteiger partial charge >= 0.3 is 0 Å². The van der Waals surface area contributed by atoms with Crippen LogP contribution in [0.1, 0.15) is 24.8 Å². The fourth-order valence-corrected chi connectivity index (χ4v) is 2.31. The Bertz CT molecular complexity index is 389. The lowest BCUT2D eigenvalue weighted by molar-refractivity contribution is -0.123. The predicted molar refractivity (Wildman–Crippen MR) is 81.1 cm³/mol. The maximum Gasteiger partial charge on any atom is 0.237 e. The summed E-state index contributed by atoms with van der Waals surface area (Å²) in [6, 6.07) is 7.74. The second-order valence-corrected chi connectivity index (χ2v) is 5.11. The lowest BCUT2D eigenvalue weighted by Gasteiger charge is -2.22. The van der Waals surface area contributed by atoms with E-state index in [4.69, 9.17) is 11.6 Å². The summed E-state index contributed by atoms with van der Waals surface area (Å²) in [4.78, 5) is 11.8. The van der Waals surface area contributed by atoms with E-state index in [-0.39, 0.29) is 24.4 Å². The molecule has 1 aliphatic rings. The summed E-state index contributed by atoms with van der Waals surface area (Å²) >= 11 is 5.82. The van der Waals surface area contributed by atoms with Crippen LogP contribution >= 0.6 is 24.0 Å². The highest BCUT2D eigenvalue weighted by Crippen LogP contribution is 2.10. The largest absolute Gasteiger partial charge is 0.354 e. The Labute approximate surface area is 125 Å². The minimum absolute atomic E-state index is 0. The van der Waals surface area contributed by atoms with Crippen molar-refractivity contribution in [2.75, 3.05) is 13.1 Å². The van der Waals surface area contributed by atoms with Crippen LogP contribution in [-0.2, 0) is 11.2 Å². The molecule has 0 radical (unpaired) electrons. The van der Waals surface area contributed by atoms with Gasteiger partial charge in [-0.1, -0.05) is 30.2 Å². The zero-order chi connectivity index (χ0) is 12.8. The van der Waals surface area contributed by atoms with Crippen molar-refractivity contribution >= 4 is 29.9 Å². The Kier molecular flexibility index (Phi) is 7.21. The Balaban J connectivity index is 0.00000180. The van der Waals surface area contributed by atoms with Crippen molar-refractivity contribution in [3.63, 3.8) is 0 Å². The zero-order valence-corrected chi connectivity index (χ0v) is 12.4. The molecule has 0 aromatic heterocycles. The summed E-state index contributed by atoms with van der Waals surface area (Å²) in [5.74, 6) is 0.128. The summed E-state index contributed by atoms with van der Waals surface area (Å²) in [6.45, 7) is 1.63. The van der Waals surface area contributed by atoms with Crippen LogP contribution in [0.2, 0.25) is 5.02 Å². The summed E-state index contributed by atoms with van der Waals surface area (Å²) in [7, 11) is 0. The van der Waals surface area contributed by atoms with Gasteiger partial charge in [-0.2, -0.15) is 0 Å². The smallest absolute Gasteiger partial charge is 0.237 e. The molecule has 1 fully saturated rings. The minimum Gasteiger partial charge on any atom is -0.354 e. The van der Waals surface area contributed by atoms with Crippen LogP contribution in [-0.4, -0.2) is 25.0 Å². The fraction of sp³-hybridized carbons (Fsp3) is 0.500. The monoisotopic (exact) mass is 302 g/mol. The van der Waals surface area contributed by atoms with Crippen LogP contribution in [0.25, 0.3) is 0 Å². The molecule has 1 atom stereocenters. The highest BCUT2D eigenvalue weighted by atomic mass is 35.5. The molecule has 1 aromatic rings. The molecule has 0 aliphatic carbocycles. The van der Waals surface area contributed by atoms with Gasteiger partial charge in [-0.25, -0.2) is 0 Å². The Morgan fingerprint density at radius 2 is 2.05 bits per heavy atom. The number of halogens is 2. The van der Waals surface area contributed by atoms with Crippen molar-refractivity contribution in [1.29, 1.82) is 0 Å². The molecular weight excluding hydrogens is 283 g/mol. The summed E-state index contributed by atoms with van der Waals surface area (Å²) in [6.07, 6.45) is 4.11. The molecule has 0 bridgehead atoms. The number of hydrogen-bond donors (Lipinski definition) is 2. The molecule has 2 N–H and O–H groups in total. The first-order valence-electron chi connectivity index (χ1n) is 6.51. The molecular formula is C14H20Cl2N2O. The topological polar surface area (TPSA) is 41.1 Å². The molecule has 1 heterocycles. The standard InChI is InChI=1S/C14H19ClN2O.ClH/c15-12-6-4-11(5-7-12)8-10-17-14(18)13-3-1-2-9-16-13;/h4-7,13,16H,1-3,8-10H2,(H,17,18);1H/t13-;/m1./s1. The Morgan fingerprint density at radius 3 is 2.68 bits per heavy atom. The molecule has 1 aliphatic heterocycles. The van der Waals surface area contributed by atoms with E-state index in [0.29, 0.717) is 6.54 Å². The Hall–Kier alpha value is -0.770. The van der Waals surface area contributed by atoms with Crippen LogP contribution in [0.4, 0.5) is 0 Å². The van der Waals surface area contributed by atoms with Crippen molar-refractivity contribution in [3.8, 4) is 0 Å². The third-order valence-corrected chi connectivity index (χ3v) is 3.50. The highest BCUT2D eigenvalue weighted by molar-refractivity contribution is 6.30. The second-order valence-electron chi connectivity index (χ2n) is 4.67. The fourth-order valence-electron chi connectivity index (χ4n) is 2.18. The van der Waals surface area contributed by atoms with Gasteiger partial charge in [-0.05, 0) is 43.5 Å². The van der Waals surface area contributed by atoms with E-state index in [1.165, 1.54) is 12.0 Å². The molecule has 19 heavy (non-hydrogen) atoms. The first-order chi connectivity index (χ1) is 8.75. The van der Waals surface area contributed by atoms with E-state index in [0.717, 1.165) is 30.8 Å². The van der Waals surface area contributed by atoms with Crippen LogP contribution in [0.15, 0.2) is 24.3 Å². The maximum atomic E-state index is 11.8. The van der Waals surface area contributed by atoms with Crippen molar-refractivity contribution in [3.05, 3.63) is 34.9 Å². The van der Waals surface area contributed by atoms with E-state index in [2.05, 4.69) is 10.6 Å². The summed E-state index contributed by atoms with van der Waals surface area (Å²) in [5.41, 5.74) is 1.19. The number of hydrogen-bond acceptors (Lipinski definition) is 2. The number of benzene rings is 1. The lowest BCUT2D eigenvalue weighted by atomic mass is 10.0. The SMILES string of the molecule is Cl.O=C(NCCc1ccc(Cl)cc1)[C@H]1CCCCN1. The van der Waals surface area contributed by atoms with Gasteiger partial charge < -0.3 is 10.6 Å². The first kappa shape index (κ1) is 16.3. The number of rotatable bonds is 4. The number of amides is 1. The zero-order valence-electron chi connectivity index (χ0n) is 10.8. The second kappa shape index (κ2) is 8.41. The Morgan fingerprint density at radius 1 is 1.32 bits per heavy atom. The van der Waals surface area contributed by atoms with E-state index < -0.39 is 0 Å². The first-order valence-corrected chi connectivity index (χ1v) is 6.89. The molecule has 0 spiro atoms. The van der Waals surface area contributed by atoms with E-state index in [1.807, 2.05) is 24.3 Å². The number of nitrogens with one attached hydrogen (secondary N) is 2. The van der Waals surface area contributed by atoms with Gasteiger partial charge in [-0.3, -0.25) is 4.79 Å². The van der Waals surface area contributed by atoms with Crippen LogP contribution in [0.5, 0.6) is 0 Å².